The maximum atomic E-state index is 9.24. The molecule has 0 aliphatic carbocycles. The van der Waals surface area contributed by atoms with E-state index in [4.69, 9.17) is 26.6 Å². The smallest absolute Gasteiger partial charge is 0.193 e. The fourth-order valence-electron chi connectivity index (χ4n) is 1.13. The number of ether oxygens (including phenoxy) is 1. The predicted octanol–water partition coefficient (Wildman–Crippen LogP) is -1.97. The van der Waals surface area contributed by atoms with E-state index in [-0.39, 0.29) is 0 Å². The number of hydrogen-bond donors (Lipinski definition) is 4. The highest BCUT2D eigenvalue weighted by molar-refractivity contribution is 6.23. The van der Waals surface area contributed by atoms with Crippen molar-refractivity contribution < 1.29 is 25.2 Å². The van der Waals surface area contributed by atoms with Crippen molar-refractivity contribution in [2.24, 2.45) is 0 Å². The average Bonchev–Trinajstić information content (AvgIpc) is 2.31. The molecule has 1 aliphatic heterocycles. The van der Waals surface area contributed by atoms with Crippen LogP contribution in [-0.2, 0) is 4.74 Å². The summed E-state index contributed by atoms with van der Waals surface area (Å²) in [6, 6.07) is 0. The molecule has 1 fully saturated rings. The van der Waals surface area contributed by atoms with Gasteiger partial charge in [0.05, 0.1) is 13.2 Å². The van der Waals surface area contributed by atoms with Crippen LogP contribution in [0.25, 0.3) is 0 Å². The van der Waals surface area contributed by atoms with E-state index in [1.54, 1.807) is 0 Å². The summed E-state index contributed by atoms with van der Waals surface area (Å²) in [5.74, 6) is 0. The van der Waals surface area contributed by atoms with Crippen LogP contribution >= 0.6 is 11.6 Å². The summed E-state index contributed by atoms with van der Waals surface area (Å²) >= 11 is 5.58. The highest BCUT2D eigenvalue weighted by Crippen LogP contribution is 2.34. The molecule has 0 saturated carbocycles. The molecule has 1 saturated heterocycles. The van der Waals surface area contributed by atoms with Crippen molar-refractivity contribution in [3.63, 3.8) is 0 Å². The van der Waals surface area contributed by atoms with Gasteiger partial charge >= 0.3 is 0 Å². The van der Waals surface area contributed by atoms with Gasteiger partial charge in [-0.3, -0.25) is 0 Å². The second-order valence-corrected chi connectivity index (χ2v) is 3.36. The zero-order valence-corrected chi connectivity index (χ0v) is 6.98. The molecule has 0 amide bonds. The molecule has 72 valence electrons. The zero-order valence-electron chi connectivity index (χ0n) is 6.22. The molecule has 0 bridgehead atoms. The Hall–Kier alpha value is 0.0900. The SMILES string of the molecule is OC[C@H]1OC(Cl)(CO)[C@H](O)[C@@H]1O. The Kier molecular flexibility index (Phi) is 2.92. The fraction of sp³-hybridized carbons (Fsp3) is 1.00. The van der Waals surface area contributed by atoms with Gasteiger partial charge in [0.15, 0.2) is 5.06 Å². The van der Waals surface area contributed by atoms with Crippen LogP contribution in [0.3, 0.4) is 0 Å². The van der Waals surface area contributed by atoms with E-state index in [9.17, 15) is 10.2 Å². The third kappa shape index (κ3) is 1.44. The fourth-order valence-corrected chi connectivity index (χ4v) is 1.37. The van der Waals surface area contributed by atoms with Crippen LogP contribution < -0.4 is 0 Å². The van der Waals surface area contributed by atoms with E-state index in [1.165, 1.54) is 0 Å². The maximum Gasteiger partial charge on any atom is 0.193 e. The molecule has 1 aliphatic rings. The maximum absolute atomic E-state index is 9.24. The first-order chi connectivity index (χ1) is 5.55. The Morgan fingerprint density at radius 1 is 1.33 bits per heavy atom. The highest BCUT2D eigenvalue weighted by atomic mass is 35.5. The van der Waals surface area contributed by atoms with Gasteiger partial charge in [0.25, 0.3) is 0 Å². The van der Waals surface area contributed by atoms with Gasteiger partial charge in [-0.1, -0.05) is 11.6 Å². The molecule has 0 aromatic carbocycles. The highest BCUT2D eigenvalue weighted by Gasteiger charge is 2.52. The average molecular weight is 199 g/mol. The molecule has 0 spiro atoms. The molecule has 0 aromatic heterocycles. The van der Waals surface area contributed by atoms with Gasteiger partial charge in [0.1, 0.15) is 18.3 Å². The van der Waals surface area contributed by atoms with Crippen molar-refractivity contribution in [1.82, 2.24) is 0 Å². The minimum atomic E-state index is -1.69. The summed E-state index contributed by atoms with van der Waals surface area (Å²) < 4.78 is 4.84. The van der Waals surface area contributed by atoms with Gasteiger partial charge < -0.3 is 25.2 Å². The van der Waals surface area contributed by atoms with E-state index in [0.29, 0.717) is 0 Å². The molecule has 1 rings (SSSR count). The van der Waals surface area contributed by atoms with E-state index < -0.39 is 36.6 Å². The molecule has 1 unspecified atom stereocenters. The predicted molar refractivity (Wildman–Crippen MR) is 39.6 cm³/mol. The number of aliphatic hydroxyl groups excluding tert-OH is 4. The monoisotopic (exact) mass is 198 g/mol. The third-order valence-electron chi connectivity index (χ3n) is 1.89. The first kappa shape index (κ1) is 10.2. The normalized spacial score (nSPS) is 48.2. The number of halogens is 1. The number of rotatable bonds is 2. The molecular formula is C6H11ClO5. The summed E-state index contributed by atoms with van der Waals surface area (Å²) in [5, 5.41) is 34.1. The van der Waals surface area contributed by atoms with Gasteiger partial charge in [-0.05, 0) is 0 Å². The molecule has 0 aromatic rings. The van der Waals surface area contributed by atoms with Crippen molar-refractivity contribution in [2.45, 2.75) is 23.4 Å². The molecule has 0 radical (unpaired) electrons. The molecule has 1 heterocycles. The standard InChI is InChI=1S/C6H11ClO5/c7-6(2-9)5(11)4(10)3(1-8)12-6/h3-5,8-11H,1-2H2/t3-,4-,5-,6?/m1/s1. The zero-order chi connectivity index (χ0) is 9.35. The quantitative estimate of drug-likeness (QED) is 0.387. The largest absolute Gasteiger partial charge is 0.394 e. The third-order valence-corrected chi connectivity index (χ3v) is 2.32. The number of aliphatic hydroxyl groups is 4. The van der Waals surface area contributed by atoms with Crippen LogP contribution in [0.15, 0.2) is 0 Å². The molecular weight excluding hydrogens is 188 g/mol. The Bertz CT molecular complexity index is 166. The second kappa shape index (κ2) is 3.45. The van der Waals surface area contributed by atoms with Crippen molar-refractivity contribution >= 4 is 11.6 Å². The molecule has 6 heteroatoms. The summed E-state index contributed by atoms with van der Waals surface area (Å²) in [7, 11) is 0. The Labute approximate surface area is 74.2 Å². The molecule has 4 atom stereocenters. The van der Waals surface area contributed by atoms with E-state index >= 15 is 0 Å². The van der Waals surface area contributed by atoms with E-state index in [1.807, 2.05) is 0 Å². The summed E-state index contributed by atoms with van der Waals surface area (Å²) in [5.41, 5.74) is 0. The van der Waals surface area contributed by atoms with Crippen LogP contribution in [-0.4, -0.2) is 57.0 Å². The van der Waals surface area contributed by atoms with Crippen molar-refractivity contribution in [1.29, 1.82) is 0 Å². The number of alkyl halides is 1. The lowest BCUT2D eigenvalue weighted by atomic mass is 10.1. The minimum absolute atomic E-state index is 0.452. The van der Waals surface area contributed by atoms with Crippen LogP contribution in [0.1, 0.15) is 0 Å². The lowest BCUT2D eigenvalue weighted by Crippen LogP contribution is -2.41. The lowest BCUT2D eigenvalue weighted by molar-refractivity contribution is -0.0653. The van der Waals surface area contributed by atoms with E-state index in [0.717, 1.165) is 0 Å². The Morgan fingerprint density at radius 3 is 2.17 bits per heavy atom. The van der Waals surface area contributed by atoms with Crippen LogP contribution in [0.4, 0.5) is 0 Å². The first-order valence-electron chi connectivity index (χ1n) is 3.49. The van der Waals surface area contributed by atoms with Crippen molar-refractivity contribution in [3.05, 3.63) is 0 Å². The van der Waals surface area contributed by atoms with Gasteiger partial charge in [0, 0.05) is 0 Å². The Morgan fingerprint density at radius 2 is 1.92 bits per heavy atom. The van der Waals surface area contributed by atoms with Crippen LogP contribution in [0, 0.1) is 0 Å². The topological polar surface area (TPSA) is 90.2 Å². The summed E-state index contributed by atoms with van der Waals surface area (Å²) in [6.45, 7) is -1.07. The van der Waals surface area contributed by atoms with Gasteiger partial charge in [-0.2, -0.15) is 0 Å². The van der Waals surface area contributed by atoms with Gasteiger partial charge in [0.2, 0.25) is 0 Å². The van der Waals surface area contributed by atoms with Crippen LogP contribution in [0.2, 0.25) is 0 Å². The van der Waals surface area contributed by atoms with Gasteiger partial charge in [-0.15, -0.1) is 0 Å². The lowest BCUT2D eigenvalue weighted by Gasteiger charge is -2.21. The minimum Gasteiger partial charge on any atom is -0.394 e. The molecule has 5 nitrogen and oxygen atoms in total. The second-order valence-electron chi connectivity index (χ2n) is 2.72. The summed E-state index contributed by atoms with van der Waals surface area (Å²) in [4.78, 5) is 0. The molecule has 12 heavy (non-hydrogen) atoms. The van der Waals surface area contributed by atoms with Gasteiger partial charge in [-0.25, -0.2) is 0 Å². The number of hydrogen-bond acceptors (Lipinski definition) is 5. The first-order valence-corrected chi connectivity index (χ1v) is 3.87. The van der Waals surface area contributed by atoms with E-state index in [2.05, 4.69) is 0 Å². The van der Waals surface area contributed by atoms with Crippen molar-refractivity contribution in [2.75, 3.05) is 13.2 Å². The Balaban J connectivity index is 2.72. The summed E-state index contributed by atoms with van der Waals surface area (Å²) in [6.07, 6.45) is -3.59. The van der Waals surface area contributed by atoms with Crippen molar-refractivity contribution in [3.8, 4) is 0 Å². The van der Waals surface area contributed by atoms with Crippen LogP contribution in [0.5, 0.6) is 0 Å². The molecule has 4 N–H and O–H groups in total.